The fraction of sp³-hybridized carbons (Fsp3) is 0.756. The first-order chi connectivity index (χ1) is 46.6. The van der Waals surface area contributed by atoms with Gasteiger partial charge in [-0.25, -0.2) is 0 Å². The van der Waals surface area contributed by atoms with Gasteiger partial charge in [0, 0.05) is 12.8 Å². The van der Waals surface area contributed by atoms with Gasteiger partial charge in [0.05, 0.1) is 40.3 Å². The number of aliphatic carboxylic acids is 1. The van der Waals surface area contributed by atoms with Crippen LogP contribution in [-0.4, -0.2) is 82.3 Å². The highest BCUT2D eigenvalue weighted by Crippen LogP contribution is 2.19. The molecule has 0 aliphatic heterocycles. The maximum absolute atomic E-state index is 13.0. The van der Waals surface area contributed by atoms with Gasteiger partial charge < -0.3 is 33.3 Å². The molecule has 0 heterocycles. The van der Waals surface area contributed by atoms with Gasteiger partial charge in [0.1, 0.15) is 13.2 Å². The van der Waals surface area contributed by atoms with Crippen LogP contribution in [0.3, 0.4) is 0 Å². The molecule has 548 valence electrons. The molecule has 0 fully saturated rings. The van der Waals surface area contributed by atoms with Gasteiger partial charge >= 0.3 is 11.9 Å². The van der Waals surface area contributed by atoms with Crippen molar-refractivity contribution < 1.29 is 42.9 Å². The molecule has 0 bridgehead atoms. The summed E-state index contributed by atoms with van der Waals surface area (Å²) < 4.78 is 22.9. The summed E-state index contributed by atoms with van der Waals surface area (Å²) in [5.41, 5.74) is 0. The van der Waals surface area contributed by atoms with E-state index < -0.39 is 24.3 Å². The van der Waals surface area contributed by atoms with Gasteiger partial charge in [0.25, 0.3) is 0 Å². The van der Waals surface area contributed by atoms with E-state index in [4.69, 9.17) is 18.9 Å². The average molecular weight is 1330 g/mol. The second kappa shape index (κ2) is 75.7. The van der Waals surface area contributed by atoms with Crippen LogP contribution in [0.1, 0.15) is 361 Å². The van der Waals surface area contributed by atoms with Crippen molar-refractivity contribution in [1.29, 1.82) is 0 Å². The molecular formula is C86H151NO8. The van der Waals surface area contributed by atoms with E-state index in [1.807, 2.05) is 21.1 Å². The average Bonchev–Trinajstić information content (AvgIpc) is 3.24. The molecule has 0 saturated heterocycles. The molecule has 0 aromatic heterocycles. The van der Waals surface area contributed by atoms with Crippen LogP contribution < -0.4 is 5.11 Å². The minimum atomic E-state index is -1.63. The summed E-state index contributed by atoms with van der Waals surface area (Å²) in [6.07, 6.45) is 104. The van der Waals surface area contributed by atoms with E-state index in [-0.39, 0.29) is 32.2 Å². The number of hydrogen-bond acceptors (Lipinski definition) is 8. The predicted octanol–water partition coefficient (Wildman–Crippen LogP) is 24.4. The number of ether oxygens (including phenoxy) is 4. The molecule has 9 heteroatoms. The molecule has 0 aromatic rings. The van der Waals surface area contributed by atoms with Crippen molar-refractivity contribution in [2.75, 3.05) is 47.5 Å². The topological polar surface area (TPSA) is 111 Å². The zero-order valence-corrected chi connectivity index (χ0v) is 62.8. The van der Waals surface area contributed by atoms with Crippen molar-refractivity contribution in [1.82, 2.24) is 0 Å². The van der Waals surface area contributed by atoms with Gasteiger partial charge in [0.2, 0.25) is 0 Å². The van der Waals surface area contributed by atoms with Crippen LogP contribution in [0.5, 0.6) is 0 Å². The molecule has 0 aromatic carbocycles. The normalized spacial score (nSPS) is 13.2. The third-order valence-electron chi connectivity index (χ3n) is 17.5. The monoisotopic (exact) mass is 1330 g/mol. The number of nitrogens with zero attached hydrogens (tertiary/aromatic N) is 1. The second-order valence-corrected chi connectivity index (χ2v) is 28.0. The molecule has 0 radical (unpaired) electrons. The fourth-order valence-electron chi connectivity index (χ4n) is 11.4. The number of rotatable bonds is 74. The quantitative estimate of drug-likeness (QED) is 0.0195. The standard InChI is InChI=1S/C86H151NO8/c1-6-8-10-12-14-16-18-20-22-24-26-28-30-32-34-36-38-39-40-41-42-43-44-45-47-48-50-52-54-56-58-60-62-64-66-68-70-72-74-76-83(88)93-80-82(81-94-86(85(90)91)92-79-78-87(3,4)5)95-84(89)77-75-73-71-69-67-65-63-61-59-57-55-53-51-49-46-37-35-33-31-29-27-25-23-21-19-17-15-13-11-9-7-2/h9,11,15,17-18,20-21,23-24,26-27,29,33,35,46,49,53,55,82,86H,6-8,10,12-14,16,19,22,25,28,30-32,34,36-45,47-48,50-52,54,56-81H2,1-5H3/b11-9-,17-15-,20-18-,23-21-,26-24-,29-27-,35-33-,49-46-,55-53-. The number of carboxylic acids is 1. The highest BCUT2D eigenvalue weighted by atomic mass is 16.7. The summed E-state index contributed by atoms with van der Waals surface area (Å²) >= 11 is 0. The number of hydrogen-bond donors (Lipinski definition) is 0. The third-order valence-corrected chi connectivity index (χ3v) is 17.5. The Bertz CT molecular complexity index is 1930. The van der Waals surface area contributed by atoms with Crippen LogP contribution in [0.2, 0.25) is 0 Å². The van der Waals surface area contributed by atoms with Crippen molar-refractivity contribution in [2.24, 2.45) is 0 Å². The zero-order chi connectivity index (χ0) is 69.0. The first-order valence-electron chi connectivity index (χ1n) is 40.0. The molecular weight excluding hydrogens is 1170 g/mol. The highest BCUT2D eigenvalue weighted by Gasteiger charge is 2.22. The maximum Gasteiger partial charge on any atom is 0.306 e. The van der Waals surface area contributed by atoms with Crippen LogP contribution in [0.4, 0.5) is 0 Å². The number of esters is 2. The molecule has 0 aliphatic rings. The Morgan fingerprint density at radius 1 is 0.326 bits per heavy atom. The molecule has 0 amide bonds. The van der Waals surface area contributed by atoms with E-state index in [0.29, 0.717) is 23.9 Å². The lowest BCUT2D eigenvalue weighted by Crippen LogP contribution is -2.44. The Kier molecular flexibility index (Phi) is 72.5. The Hall–Kier alpha value is -4.05. The molecule has 9 nitrogen and oxygen atoms in total. The largest absolute Gasteiger partial charge is 0.545 e. The summed E-state index contributed by atoms with van der Waals surface area (Å²) in [6.45, 7) is 4.65. The molecule has 2 unspecified atom stereocenters. The number of unbranched alkanes of at least 4 members (excludes halogenated alkanes) is 41. The third kappa shape index (κ3) is 77.2. The Morgan fingerprint density at radius 2 is 0.600 bits per heavy atom. The van der Waals surface area contributed by atoms with Crippen LogP contribution in [0.25, 0.3) is 0 Å². The van der Waals surface area contributed by atoms with E-state index in [9.17, 15) is 19.5 Å². The number of allylic oxidation sites excluding steroid dienone is 18. The number of carbonyl (C=O) groups is 3. The first kappa shape index (κ1) is 91.0. The second-order valence-electron chi connectivity index (χ2n) is 28.0. The van der Waals surface area contributed by atoms with Crippen LogP contribution in [-0.2, 0) is 33.3 Å². The summed E-state index contributed by atoms with van der Waals surface area (Å²) in [5.74, 6) is -2.28. The van der Waals surface area contributed by atoms with Gasteiger partial charge in [-0.15, -0.1) is 0 Å². The highest BCUT2D eigenvalue weighted by molar-refractivity contribution is 5.70. The minimum absolute atomic E-state index is 0.143. The Morgan fingerprint density at radius 3 is 0.895 bits per heavy atom. The van der Waals surface area contributed by atoms with Gasteiger partial charge in [-0.2, -0.15) is 0 Å². The van der Waals surface area contributed by atoms with E-state index in [2.05, 4.69) is 123 Å². The number of carbonyl (C=O) groups excluding carboxylic acids is 3. The molecule has 0 rings (SSSR count). The predicted molar refractivity (Wildman–Crippen MR) is 407 cm³/mol. The Labute approximate surface area is 587 Å². The minimum Gasteiger partial charge on any atom is -0.545 e. The molecule has 2 atom stereocenters. The van der Waals surface area contributed by atoms with E-state index >= 15 is 0 Å². The van der Waals surface area contributed by atoms with Gasteiger partial charge in [0.15, 0.2) is 12.4 Å². The Balaban J connectivity index is 4.01. The fourth-order valence-corrected chi connectivity index (χ4v) is 11.4. The lowest BCUT2D eigenvalue weighted by atomic mass is 10.0. The van der Waals surface area contributed by atoms with E-state index in [1.165, 1.54) is 231 Å². The van der Waals surface area contributed by atoms with E-state index in [0.717, 1.165) is 96.3 Å². The van der Waals surface area contributed by atoms with Crippen molar-refractivity contribution >= 4 is 17.9 Å². The number of quaternary nitrogens is 1. The summed E-state index contributed by atoms with van der Waals surface area (Å²) in [5, 5.41) is 11.9. The van der Waals surface area contributed by atoms with Crippen LogP contribution in [0, 0.1) is 0 Å². The van der Waals surface area contributed by atoms with Gasteiger partial charge in [-0.1, -0.05) is 354 Å². The summed E-state index contributed by atoms with van der Waals surface area (Å²) in [6, 6.07) is 0. The lowest BCUT2D eigenvalue weighted by molar-refractivity contribution is -0.870. The van der Waals surface area contributed by atoms with Crippen molar-refractivity contribution in [2.45, 2.75) is 373 Å². The first-order valence-corrected chi connectivity index (χ1v) is 40.0. The molecule has 0 spiro atoms. The van der Waals surface area contributed by atoms with Gasteiger partial charge in [-0.05, 0) is 103 Å². The van der Waals surface area contributed by atoms with Crippen molar-refractivity contribution in [3.05, 3.63) is 109 Å². The summed E-state index contributed by atoms with van der Waals surface area (Å²) in [4.78, 5) is 37.6. The van der Waals surface area contributed by atoms with E-state index in [1.54, 1.807) is 0 Å². The smallest absolute Gasteiger partial charge is 0.306 e. The number of likely N-dealkylation sites (N-methyl/N-ethyl adjacent to an activating group) is 1. The zero-order valence-electron chi connectivity index (χ0n) is 62.8. The maximum atomic E-state index is 13.0. The SMILES string of the molecule is CC/C=C\C/C=C\C/C=C\C/C=C\C/C=C\C/C=C\C/C=C\CCCCCCCCCCCC(=O)OC(COC(=O)CCCCCCCCCCCCCCCCCCCCCCCCCCCCC/C=C\C/C=C\CCCCCCC)COC(OCC[N+](C)(C)C)C(=O)[O-]. The van der Waals surface area contributed by atoms with Crippen molar-refractivity contribution in [3.63, 3.8) is 0 Å². The molecule has 0 aliphatic carbocycles. The molecule has 0 N–H and O–H groups in total. The van der Waals surface area contributed by atoms with Crippen LogP contribution in [0.15, 0.2) is 109 Å². The van der Waals surface area contributed by atoms with Crippen LogP contribution >= 0.6 is 0 Å². The molecule has 0 saturated carbocycles. The number of carboxylic acid groups (broad SMARTS) is 1. The van der Waals surface area contributed by atoms with Crippen molar-refractivity contribution in [3.8, 4) is 0 Å². The summed E-state index contributed by atoms with van der Waals surface area (Å²) in [7, 11) is 5.94. The lowest BCUT2D eigenvalue weighted by Gasteiger charge is -2.26. The van der Waals surface area contributed by atoms with Gasteiger partial charge in [-0.3, -0.25) is 9.59 Å². The molecule has 95 heavy (non-hydrogen) atoms.